The molecule has 0 aliphatic carbocycles. The zero-order valence-electron chi connectivity index (χ0n) is 14.6. The summed E-state index contributed by atoms with van der Waals surface area (Å²) in [5.41, 5.74) is 1.65. The summed E-state index contributed by atoms with van der Waals surface area (Å²) >= 11 is 0. The highest BCUT2D eigenvalue weighted by Crippen LogP contribution is 2.26. The predicted molar refractivity (Wildman–Crippen MR) is 102 cm³/mol. The molecule has 0 radical (unpaired) electrons. The summed E-state index contributed by atoms with van der Waals surface area (Å²) in [6.07, 6.45) is 0. The molecule has 0 bridgehead atoms. The van der Waals surface area contributed by atoms with Crippen LogP contribution in [0.3, 0.4) is 0 Å². The molecule has 9 heteroatoms. The number of hydrogen-bond donors (Lipinski definition) is 2. The first-order chi connectivity index (χ1) is 13.9. The van der Waals surface area contributed by atoms with E-state index in [0.717, 1.165) is 12.1 Å². The number of fused-ring (bicyclic) bond motifs is 1. The maximum absolute atomic E-state index is 14.0. The third-order valence-electron chi connectivity index (χ3n) is 4.26. The Morgan fingerprint density at radius 3 is 2.66 bits per heavy atom. The van der Waals surface area contributed by atoms with E-state index >= 15 is 0 Å². The van der Waals surface area contributed by atoms with Crippen LogP contribution in [-0.2, 0) is 0 Å². The van der Waals surface area contributed by atoms with E-state index in [1.165, 1.54) is 24.3 Å². The smallest absolute Gasteiger partial charge is 0.291 e. The van der Waals surface area contributed by atoms with E-state index in [2.05, 4.69) is 15.3 Å². The number of anilines is 1. The van der Waals surface area contributed by atoms with Crippen LogP contribution >= 0.6 is 0 Å². The molecule has 0 saturated heterocycles. The van der Waals surface area contributed by atoms with Crippen LogP contribution in [0.2, 0.25) is 0 Å². The van der Waals surface area contributed by atoms with Gasteiger partial charge >= 0.3 is 0 Å². The number of halogens is 2. The molecule has 0 atom stereocenters. The normalized spacial score (nSPS) is 10.8. The van der Waals surface area contributed by atoms with Gasteiger partial charge in [-0.05, 0) is 35.9 Å². The fourth-order valence-electron chi connectivity index (χ4n) is 2.89. The minimum atomic E-state index is -0.715. The maximum Gasteiger partial charge on any atom is 0.291 e. The van der Waals surface area contributed by atoms with Gasteiger partial charge in [-0.3, -0.25) is 14.9 Å². The summed E-state index contributed by atoms with van der Waals surface area (Å²) in [7, 11) is 0. The third kappa shape index (κ3) is 3.65. The molecule has 1 aromatic heterocycles. The van der Waals surface area contributed by atoms with E-state index in [0.29, 0.717) is 16.8 Å². The number of nitrogens with zero attached hydrogens (tertiary/aromatic N) is 2. The van der Waals surface area contributed by atoms with Crippen molar-refractivity contribution in [3.05, 3.63) is 88.2 Å². The molecule has 0 aliphatic rings. The van der Waals surface area contributed by atoms with Gasteiger partial charge in [-0.2, -0.15) is 0 Å². The van der Waals surface area contributed by atoms with Crippen molar-refractivity contribution in [2.75, 3.05) is 5.32 Å². The number of H-pyrrole nitrogens is 1. The van der Waals surface area contributed by atoms with Crippen molar-refractivity contribution in [3.63, 3.8) is 0 Å². The van der Waals surface area contributed by atoms with E-state index in [9.17, 15) is 23.7 Å². The van der Waals surface area contributed by atoms with Gasteiger partial charge in [-0.15, -0.1) is 0 Å². The fourth-order valence-corrected chi connectivity index (χ4v) is 2.89. The molecule has 0 spiro atoms. The first kappa shape index (κ1) is 18.2. The van der Waals surface area contributed by atoms with Gasteiger partial charge in [0.1, 0.15) is 11.6 Å². The van der Waals surface area contributed by atoms with Gasteiger partial charge in [0.25, 0.3) is 11.6 Å². The lowest BCUT2D eigenvalue weighted by atomic mass is 10.0. The number of nitro benzene ring substituents is 1. The summed E-state index contributed by atoms with van der Waals surface area (Å²) < 4.78 is 27.1. The van der Waals surface area contributed by atoms with Gasteiger partial charge in [0.05, 0.1) is 16.0 Å². The molecule has 3 aromatic carbocycles. The summed E-state index contributed by atoms with van der Waals surface area (Å²) in [6, 6.07) is 13.7. The quantitative estimate of drug-likeness (QED) is 0.388. The number of carbonyl (C=O) groups is 1. The Bertz CT molecular complexity index is 1270. The molecule has 0 saturated carbocycles. The molecule has 0 aliphatic heterocycles. The number of amides is 1. The van der Waals surface area contributed by atoms with Crippen LogP contribution in [0.15, 0.2) is 60.7 Å². The highest BCUT2D eigenvalue weighted by molar-refractivity contribution is 6.03. The Morgan fingerprint density at radius 1 is 1.07 bits per heavy atom. The zero-order chi connectivity index (χ0) is 20.5. The van der Waals surface area contributed by atoms with Crippen LogP contribution < -0.4 is 5.32 Å². The van der Waals surface area contributed by atoms with Crippen molar-refractivity contribution < 1.29 is 18.5 Å². The molecule has 1 heterocycles. The molecule has 29 heavy (non-hydrogen) atoms. The SMILES string of the molecule is O=C(Nc1cccc(-c2ccc(F)cc2F)c1)c1nc2cc([N+](=O)[O-])ccc2[nH]1. The molecule has 7 nitrogen and oxygen atoms in total. The van der Waals surface area contributed by atoms with Crippen molar-refractivity contribution in [2.45, 2.75) is 0 Å². The zero-order valence-corrected chi connectivity index (χ0v) is 14.6. The standard InChI is InChI=1S/C20H12F2N4O3/c21-12-4-6-15(16(22)9-12)11-2-1-3-13(8-11)23-20(27)19-24-17-7-5-14(26(28)29)10-18(17)25-19/h1-10H,(H,23,27)(H,24,25). The highest BCUT2D eigenvalue weighted by Gasteiger charge is 2.15. The largest absolute Gasteiger partial charge is 0.334 e. The van der Waals surface area contributed by atoms with Gasteiger partial charge in [0.2, 0.25) is 0 Å². The number of nitrogens with one attached hydrogen (secondary N) is 2. The molecular weight excluding hydrogens is 382 g/mol. The minimum Gasteiger partial charge on any atom is -0.334 e. The van der Waals surface area contributed by atoms with E-state index in [-0.39, 0.29) is 22.6 Å². The number of hydrogen-bond acceptors (Lipinski definition) is 4. The number of nitro groups is 1. The Morgan fingerprint density at radius 2 is 1.90 bits per heavy atom. The molecular formula is C20H12F2N4O3. The van der Waals surface area contributed by atoms with Gasteiger partial charge in [0, 0.05) is 29.4 Å². The number of carbonyl (C=O) groups excluding carboxylic acids is 1. The lowest BCUT2D eigenvalue weighted by Gasteiger charge is -2.07. The molecule has 0 fully saturated rings. The summed E-state index contributed by atoms with van der Waals surface area (Å²) in [5.74, 6) is -1.99. The van der Waals surface area contributed by atoms with Gasteiger partial charge in [-0.25, -0.2) is 13.8 Å². The van der Waals surface area contributed by atoms with Crippen LogP contribution in [-0.4, -0.2) is 20.8 Å². The van der Waals surface area contributed by atoms with Crippen LogP contribution in [0, 0.1) is 21.7 Å². The number of aromatic amines is 1. The average molecular weight is 394 g/mol. The van der Waals surface area contributed by atoms with E-state index < -0.39 is 22.5 Å². The molecule has 2 N–H and O–H groups in total. The van der Waals surface area contributed by atoms with E-state index in [1.807, 2.05) is 0 Å². The number of benzene rings is 3. The minimum absolute atomic E-state index is 0.0288. The molecule has 1 amide bonds. The van der Waals surface area contributed by atoms with Crippen LogP contribution in [0.4, 0.5) is 20.2 Å². The molecule has 144 valence electrons. The average Bonchev–Trinajstić information content (AvgIpc) is 3.11. The number of imidazole rings is 1. The highest BCUT2D eigenvalue weighted by atomic mass is 19.1. The topological polar surface area (TPSA) is 101 Å². The van der Waals surface area contributed by atoms with Crippen molar-refractivity contribution in [2.24, 2.45) is 0 Å². The number of aromatic nitrogens is 2. The predicted octanol–water partition coefficient (Wildman–Crippen LogP) is 4.67. The molecule has 4 aromatic rings. The third-order valence-corrected chi connectivity index (χ3v) is 4.26. The van der Waals surface area contributed by atoms with Crippen molar-refractivity contribution in [3.8, 4) is 11.1 Å². The number of rotatable bonds is 4. The van der Waals surface area contributed by atoms with Crippen molar-refractivity contribution in [1.29, 1.82) is 0 Å². The summed E-state index contributed by atoms with van der Waals surface area (Å²) in [4.78, 5) is 29.7. The van der Waals surface area contributed by atoms with Gasteiger partial charge in [0.15, 0.2) is 5.82 Å². The second-order valence-electron chi connectivity index (χ2n) is 6.20. The van der Waals surface area contributed by atoms with Crippen LogP contribution in [0.5, 0.6) is 0 Å². The van der Waals surface area contributed by atoms with Gasteiger partial charge in [-0.1, -0.05) is 12.1 Å². The lowest BCUT2D eigenvalue weighted by molar-refractivity contribution is -0.384. The van der Waals surface area contributed by atoms with Gasteiger partial charge < -0.3 is 10.3 Å². The van der Waals surface area contributed by atoms with E-state index in [1.54, 1.807) is 24.3 Å². The Kier molecular flexibility index (Phi) is 4.47. The van der Waals surface area contributed by atoms with E-state index in [4.69, 9.17) is 0 Å². The van der Waals surface area contributed by atoms with Crippen LogP contribution in [0.1, 0.15) is 10.6 Å². The lowest BCUT2D eigenvalue weighted by Crippen LogP contribution is -2.13. The first-order valence-electron chi connectivity index (χ1n) is 8.42. The maximum atomic E-state index is 14.0. The Balaban J connectivity index is 1.60. The van der Waals surface area contributed by atoms with Crippen LogP contribution in [0.25, 0.3) is 22.2 Å². The monoisotopic (exact) mass is 394 g/mol. The second-order valence-corrected chi connectivity index (χ2v) is 6.20. The first-order valence-corrected chi connectivity index (χ1v) is 8.42. The summed E-state index contributed by atoms with van der Waals surface area (Å²) in [5, 5.41) is 13.5. The molecule has 4 rings (SSSR count). The van der Waals surface area contributed by atoms with Crippen molar-refractivity contribution >= 4 is 28.3 Å². The fraction of sp³-hybridized carbons (Fsp3) is 0. The Labute approximate surface area is 162 Å². The number of non-ortho nitro benzene ring substituents is 1. The molecule has 0 unspecified atom stereocenters. The second kappa shape index (κ2) is 7.12. The van der Waals surface area contributed by atoms with Crippen molar-refractivity contribution in [1.82, 2.24) is 9.97 Å². The summed E-state index contributed by atoms with van der Waals surface area (Å²) in [6.45, 7) is 0. The Hall–Kier alpha value is -4.14.